The van der Waals surface area contributed by atoms with Crippen LogP contribution in [0.15, 0.2) is 24.5 Å². The molecule has 1 heterocycles. The average Bonchev–Trinajstić information content (AvgIpc) is 2.39. The second-order valence-electron chi connectivity index (χ2n) is 5.17. The van der Waals surface area contributed by atoms with E-state index in [0.717, 1.165) is 12.0 Å². The maximum absolute atomic E-state index is 13.1. The van der Waals surface area contributed by atoms with Crippen molar-refractivity contribution in [1.82, 2.24) is 4.98 Å². The molecule has 3 atom stereocenters. The van der Waals surface area contributed by atoms with Crippen molar-refractivity contribution in [3.63, 3.8) is 0 Å². The van der Waals surface area contributed by atoms with Gasteiger partial charge in [0.15, 0.2) is 0 Å². The van der Waals surface area contributed by atoms with Crippen molar-refractivity contribution in [1.29, 1.82) is 0 Å². The van der Waals surface area contributed by atoms with Crippen LogP contribution in [0.5, 0.6) is 0 Å². The quantitative estimate of drug-likeness (QED) is 0.726. The summed E-state index contributed by atoms with van der Waals surface area (Å²) in [5.41, 5.74) is 1.03. The van der Waals surface area contributed by atoms with E-state index in [0.29, 0.717) is 19.3 Å². The van der Waals surface area contributed by atoms with Gasteiger partial charge in [0.1, 0.15) is 0 Å². The third kappa shape index (κ3) is 3.94. The minimum atomic E-state index is -4.07. The van der Waals surface area contributed by atoms with Gasteiger partial charge >= 0.3 is 6.18 Å². The number of hydrogen-bond donors (Lipinski definition) is 0. The molecule has 19 heavy (non-hydrogen) atoms. The third-order valence-electron chi connectivity index (χ3n) is 3.88. The van der Waals surface area contributed by atoms with Crippen LogP contribution >= 0.6 is 15.9 Å². The van der Waals surface area contributed by atoms with Crippen LogP contribution in [-0.4, -0.2) is 16.0 Å². The number of aromatic nitrogens is 1. The number of nitrogens with zero attached hydrogens (tertiary/aromatic N) is 1. The van der Waals surface area contributed by atoms with Gasteiger partial charge in [0.05, 0.1) is 5.92 Å². The molecule has 1 aliphatic rings. The molecule has 0 aliphatic heterocycles. The van der Waals surface area contributed by atoms with Crippen LogP contribution in [0.1, 0.15) is 31.2 Å². The Morgan fingerprint density at radius 1 is 1.21 bits per heavy atom. The van der Waals surface area contributed by atoms with Gasteiger partial charge in [-0.2, -0.15) is 13.2 Å². The van der Waals surface area contributed by atoms with Crippen molar-refractivity contribution in [3.05, 3.63) is 30.1 Å². The van der Waals surface area contributed by atoms with Crippen molar-refractivity contribution in [2.24, 2.45) is 11.8 Å². The first-order chi connectivity index (χ1) is 8.98. The van der Waals surface area contributed by atoms with Crippen LogP contribution in [0.4, 0.5) is 13.2 Å². The molecule has 2 rings (SSSR count). The van der Waals surface area contributed by atoms with E-state index >= 15 is 0 Å². The fraction of sp³-hybridized carbons (Fsp3) is 0.643. The molecule has 0 saturated heterocycles. The molecule has 0 bridgehead atoms. The highest BCUT2D eigenvalue weighted by atomic mass is 79.9. The summed E-state index contributed by atoms with van der Waals surface area (Å²) in [7, 11) is 0. The van der Waals surface area contributed by atoms with Gasteiger partial charge in [0, 0.05) is 17.2 Å². The lowest BCUT2D eigenvalue weighted by molar-refractivity contribution is -0.196. The maximum Gasteiger partial charge on any atom is 0.392 e. The molecule has 1 aliphatic carbocycles. The van der Waals surface area contributed by atoms with Gasteiger partial charge in [-0.25, -0.2) is 0 Å². The summed E-state index contributed by atoms with van der Waals surface area (Å²) in [6.07, 6.45) is 2.42. The Labute approximate surface area is 119 Å². The van der Waals surface area contributed by atoms with Gasteiger partial charge in [-0.3, -0.25) is 4.98 Å². The largest absolute Gasteiger partial charge is 0.392 e. The monoisotopic (exact) mass is 335 g/mol. The molecular weight excluding hydrogens is 319 g/mol. The zero-order valence-electron chi connectivity index (χ0n) is 10.5. The summed E-state index contributed by atoms with van der Waals surface area (Å²) in [5.74, 6) is -1.48. The number of alkyl halides is 4. The van der Waals surface area contributed by atoms with E-state index < -0.39 is 12.1 Å². The number of hydrogen-bond acceptors (Lipinski definition) is 1. The number of halogens is 4. The fourth-order valence-corrected chi connectivity index (χ4v) is 3.90. The summed E-state index contributed by atoms with van der Waals surface area (Å²) in [6.45, 7) is 0. The van der Waals surface area contributed by atoms with E-state index in [1.807, 2.05) is 12.1 Å². The molecule has 1 nitrogen and oxygen atoms in total. The highest BCUT2D eigenvalue weighted by molar-refractivity contribution is 9.09. The van der Waals surface area contributed by atoms with Crippen LogP contribution in [0, 0.1) is 11.8 Å². The molecule has 0 spiro atoms. The molecule has 5 heteroatoms. The van der Waals surface area contributed by atoms with E-state index in [2.05, 4.69) is 20.9 Å². The first-order valence-electron chi connectivity index (χ1n) is 6.58. The minimum Gasteiger partial charge on any atom is -0.265 e. The molecule has 1 saturated carbocycles. The zero-order chi connectivity index (χ0) is 13.9. The first kappa shape index (κ1) is 14.8. The van der Waals surface area contributed by atoms with Gasteiger partial charge in [-0.1, -0.05) is 28.8 Å². The fourth-order valence-electron chi connectivity index (χ4n) is 2.89. The van der Waals surface area contributed by atoms with Crippen molar-refractivity contribution in [3.8, 4) is 0 Å². The summed E-state index contributed by atoms with van der Waals surface area (Å²) >= 11 is 3.49. The second kappa shape index (κ2) is 6.25. The van der Waals surface area contributed by atoms with Gasteiger partial charge in [0.25, 0.3) is 0 Å². The van der Waals surface area contributed by atoms with Crippen molar-refractivity contribution in [2.75, 3.05) is 0 Å². The van der Waals surface area contributed by atoms with E-state index in [9.17, 15) is 13.2 Å². The molecule has 0 amide bonds. The van der Waals surface area contributed by atoms with Crippen LogP contribution in [0.25, 0.3) is 0 Å². The molecule has 0 aromatic carbocycles. The number of pyridine rings is 1. The highest BCUT2D eigenvalue weighted by Crippen LogP contribution is 2.45. The van der Waals surface area contributed by atoms with Crippen LogP contribution in [-0.2, 0) is 6.42 Å². The summed E-state index contributed by atoms with van der Waals surface area (Å²) in [4.78, 5) is 3.80. The van der Waals surface area contributed by atoms with Gasteiger partial charge in [0.2, 0.25) is 0 Å². The third-order valence-corrected chi connectivity index (χ3v) is 4.89. The smallest absolute Gasteiger partial charge is 0.265 e. The van der Waals surface area contributed by atoms with Gasteiger partial charge in [-0.05, 0) is 42.9 Å². The lowest BCUT2D eigenvalue weighted by Gasteiger charge is -2.36. The minimum absolute atomic E-state index is 0.123. The average molecular weight is 336 g/mol. The molecular formula is C14H17BrF3N. The predicted molar refractivity (Wildman–Crippen MR) is 72.2 cm³/mol. The summed E-state index contributed by atoms with van der Waals surface area (Å²) in [6, 6.07) is 3.72. The Balaban J connectivity index is 2.05. The second-order valence-corrected chi connectivity index (χ2v) is 6.35. The predicted octanol–water partition coefficient (Wildman–Crippen LogP) is 4.76. The summed E-state index contributed by atoms with van der Waals surface area (Å²) < 4.78 is 39.2. The zero-order valence-corrected chi connectivity index (χ0v) is 12.1. The molecule has 106 valence electrons. The Bertz CT molecular complexity index is 393. The summed E-state index contributed by atoms with van der Waals surface area (Å²) in [5, 5.41) is 0. The van der Waals surface area contributed by atoms with Crippen molar-refractivity contribution in [2.45, 2.75) is 43.1 Å². The molecule has 1 fully saturated rings. The van der Waals surface area contributed by atoms with Crippen LogP contribution in [0.3, 0.4) is 0 Å². The topological polar surface area (TPSA) is 12.9 Å². The highest BCUT2D eigenvalue weighted by Gasteiger charge is 2.47. The number of rotatable bonds is 3. The van der Waals surface area contributed by atoms with Crippen LogP contribution in [0.2, 0.25) is 0 Å². The van der Waals surface area contributed by atoms with Gasteiger partial charge < -0.3 is 0 Å². The lowest BCUT2D eigenvalue weighted by Crippen LogP contribution is -2.38. The Kier molecular flexibility index (Phi) is 4.87. The standard InChI is InChI=1S/C14H17BrF3N/c15-13(9-10-5-7-19-8-6-10)11-3-1-2-4-12(11)14(16,17)18/h5-8,11-13H,1-4,9H2. The van der Waals surface area contributed by atoms with Crippen molar-refractivity contribution < 1.29 is 13.2 Å². The van der Waals surface area contributed by atoms with Crippen LogP contribution < -0.4 is 0 Å². The molecule has 3 unspecified atom stereocenters. The normalized spacial score (nSPS) is 26.1. The Morgan fingerprint density at radius 2 is 1.84 bits per heavy atom. The maximum atomic E-state index is 13.1. The molecule has 0 N–H and O–H groups in total. The first-order valence-corrected chi connectivity index (χ1v) is 7.49. The van der Waals surface area contributed by atoms with E-state index in [1.165, 1.54) is 0 Å². The van der Waals surface area contributed by atoms with E-state index in [4.69, 9.17) is 0 Å². The molecule has 1 aromatic heterocycles. The van der Waals surface area contributed by atoms with Crippen molar-refractivity contribution >= 4 is 15.9 Å². The Hall–Kier alpha value is -0.580. The Morgan fingerprint density at radius 3 is 2.47 bits per heavy atom. The molecule has 1 aromatic rings. The lowest BCUT2D eigenvalue weighted by atomic mass is 9.76. The van der Waals surface area contributed by atoms with E-state index in [1.54, 1.807) is 12.4 Å². The SMILES string of the molecule is FC(F)(F)C1CCCCC1C(Br)Cc1ccncc1. The van der Waals surface area contributed by atoms with Gasteiger partial charge in [-0.15, -0.1) is 0 Å². The van der Waals surface area contributed by atoms with E-state index in [-0.39, 0.29) is 17.2 Å². The molecule has 0 radical (unpaired) electrons.